The van der Waals surface area contributed by atoms with Crippen LogP contribution >= 0.6 is 0 Å². The third kappa shape index (κ3) is 4.42. The fourth-order valence-electron chi connectivity index (χ4n) is 1.18. The van der Waals surface area contributed by atoms with Gasteiger partial charge in [0.1, 0.15) is 0 Å². The zero-order valence-electron chi connectivity index (χ0n) is 9.42. The monoisotopic (exact) mass is 235 g/mol. The van der Waals surface area contributed by atoms with Gasteiger partial charge in [0.05, 0.1) is 11.1 Å². The smallest absolute Gasteiger partial charge is 0.270 e. The minimum Gasteiger partial charge on any atom is -0.273 e. The third-order valence-electron chi connectivity index (χ3n) is 1.96. The molecule has 0 aliphatic rings. The Bertz CT molecular complexity index is 443. The predicted molar refractivity (Wildman–Crippen MR) is 63.7 cm³/mol. The highest BCUT2D eigenvalue weighted by Crippen LogP contribution is 2.11. The lowest BCUT2D eigenvalue weighted by molar-refractivity contribution is -0.384. The zero-order valence-corrected chi connectivity index (χ0v) is 9.42. The van der Waals surface area contributed by atoms with Crippen molar-refractivity contribution in [3.63, 3.8) is 0 Å². The maximum atomic E-state index is 11.1. The van der Waals surface area contributed by atoms with E-state index in [0.717, 1.165) is 6.42 Å². The number of non-ortho nitro benzene ring substituents is 1. The van der Waals surface area contributed by atoms with E-state index in [2.05, 4.69) is 10.5 Å². The van der Waals surface area contributed by atoms with E-state index < -0.39 is 4.92 Å². The molecule has 0 aliphatic carbocycles. The van der Waals surface area contributed by atoms with Crippen molar-refractivity contribution in [3.8, 4) is 0 Å². The molecule has 0 unspecified atom stereocenters. The second kappa shape index (κ2) is 6.37. The van der Waals surface area contributed by atoms with Crippen molar-refractivity contribution in [2.45, 2.75) is 19.8 Å². The van der Waals surface area contributed by atoms with Crippen molar-refractivity contribution in [3.05, 3.63) is 39.9 Å². The summed E-state index contributed by atoms with van der Waals surface area (Å²) in [5.74, 6) is -0.172. The minimum atomic E-state index is -0.479. The van der Waals surface area contributed by atoms with Gasteiger partial charge in [-0.1, -0.05) is 19.1 Å². The van der Waals surface area contributed by atoms with Crippen LogP contribution in [0.15, 0.2) is 29.4 Å². The number of nitro groups is 1. The van der Waals surface area contributed by atoms with E-state index in [9.17, 15) is 14.9 Å². The third-order valence-corrected chi connectivity index (χ3v) is 1.96. The fourth-order valence-corrected chi connectivity index (χ4v) is 1.18. The SMILES string of the molecule is CCCC(=O)N/N=C/c1cccc([N+](=O)[O-])c1. The van der Waals surface area contributed by atoms with E-state index >= 15 is 0 Å². The first-order valence-corrected chi connectivity index (χ1v) is 5.20. The first-order valence-electron chi connectivity index (χ1n) is 5.20. The van der Waals surface area contributed by atoms with Crippen molar-refractivity contribution in [2.75, 3.05) is 0 Å². The highest BCUT2D eigenvalue weighted by atomic mass is 16.6. The summed E-state index contributed by atoms with van der Waals surface area (Å²) in [6.07, 6.45) is 2.53. The van der Waals surface area contributed by atoms with Crippen LogP contribution in [0.1, 0.15) is 25.3 Å². The number of amides is 1. The summed E-state index contributed by atoms with van der Waals surface area (Å²) in [7, 11) is 0. The Balaban J connectivity index is 2.62. The van der Waals surface area contributed by atoms with Crippen molar-refractivity contribution in [1.82, 2.24) is 5.43 Å². The molecule has 0 atom stereocenters. The summed E-state index contributed by atoms with van der Waals surface area (Å²) in [6, 6.07) is 6.01. The molecule has 0 aliphatic heterocycles. The highest BCUT2D eigenvalue weighted by molar-refractivity contribution is 5.83. The number of benzene rings is 1. The molecule has 1 rings (SSSR count). The normalized spacial score (nSPS) is 10.4. The van der Waals surface area contributed by atoms with E-state index in [0.29, 0.717) is 12.0 Å². The molecular weight excluding hydrogens is 222 g/mol. The van der Waals surface area contributed by atoms with Gasteiger partial charge in [0.15, 0.2) is 0 Å². The Morgan fingerprint density at radius 1 is 1.59 bits per heavy atom. The summed E-state index contributed by atoms with van der Waals surface area (Å²) in [6.45, 7) is 1.89. The standard InChI is InChI=1S/C11H13N3O3/c1-2-4-11(15)13-12-8-9-5-3-6-10(7-9)14(16)17/h3,5-8H,2,4H2,1H3,(H,13,15)/b12-8+. The lowest BCUT2D eigenvalue weighted by atomic mass is 10.2. The van der Waals surface area contributed by atoms with Crippen molar-refractivity contribution in [2.24, 2.45) is 5.10 Å². The molecule has 17 heavy (non-hydrogen) atoms. The molecule has 90 valence electrons. The number of nitrogens with one attached hydrogen (secondary N) is 1. The zero-order chi connectivity index (χ0) is 12.7. The van der Waals surface area contributed by atoms with Gasteiger partial charge in [-0.15, -0.1) is 0 Å². The topological polar surface area (TPSA) is 84.6 Å². The van der Waals surface area contributed by atoms with Gasteiger partial charge >= 0.3 is 0 Å². The molecule has 0 saturated carbocycles. The first kappa shape index (κ1) is 12.8. The predicted octanol–water partition coefficient (Wildman–Crippen LogP) is 1.84. The lowest BCUT2D eigenvalue weighted by Crippen LogP contribution is -2.16. The van der Waals surface area contributed by atoms with Crippen LogP contribution in [0.2, 0.25) is 0 Å². The second-order valence-corrected chi connectivity index (χ2v) is 3.40. The van der Waals surface area contributed by atoms with Gasteiger partial charge in [0, 0.05) is 24.1 Å². The van der Waals surface area contributed by atoms with E-state index in [1.165, 1.54) is 18.3 Å². The summed E-state index contributed by atoms with van der Waals surface area (Å²) in [5.41, 5.74) is 2.90. The van der Waals surface area contributed by atoms with Crippen molar-refractivity contribution < 1.29 is 9.72 Å². The summed E-state index contributed by atoms with van der Waals surface area (Å²) in [4.78, 5) is 21.1. The number of hydrogen-bond acceptors (Lipinski definition) is 4. The second-order valence-electron chi connectivity index (χ2n) is 3.40. The Kier molecular flexibility index (Phi) is 4.80. The van der Waals surface area contributed by atoms with Crippen LogP contribution in [0.5, 0.6) is 0 Å². The summed E-state index contributed by atoms with van der Waals surface area (Å²) >= 11 is 0. The molecule has 1 aromatic carbocycles. The molecule has 0 radical (unpaired) electrons. The molecule has 0 fully saturated rings. The highest BCUT2D eigenvalue weighted by Gasteiger charge is 2.03. The van der Waals surface area contributed by atoms with E-state index in [1.54, 1.807) is 12.1 Å². The number of carbonyl (C=O) groups excluding carboxylic acids is 1. The van der Waals surface area contributed by atoms with Gasteiger partial charge in [-0.2, -0.15) is 5.10 Å². The molecular formula is C11H13N3O3. The number of nitro benzene ring substituents is 1. The number of rotatable bonds is 5. The van der Waals surface area contributed by atoms with Crippen LogP contribution in [-0.4, -0.2) is 17.0 Å². The van der Waals surface area contributed by atoms with Crippen LogP contribution in [0.3, 0.4) is 0 Å². The molecule has 0 saturated heterocycles. The molecule has 6 nitrogen and oxygen atoms in total. The van der Waals surface area contributed by atoms with E-state index in [-0.39, 0.29) is 11.6 Å². The van der Waals surface area contributed by atoms with Crippen LogP contribution in [0.4, 0.5) is 5.69 Å². The molecule has 1 aromatic rings. The van der Waals surface area contributed by atoms with Gasteiger partial charge in [-0.3, -0.25) is 14.9 Å². The largest absolute Gasteiger partial charge is 0.273 e. The van der Waals surface area contributed by atoms with E-state index in [1.807, 2.05) is 6.92 Å². The maximum Gasteiger partial charge on any atom is 0.270 e. The molecule has 0 heterocycles. The summed E-state index contributed by atoms with van der Waals surface area (Å²) in [5, 5.41) is 14.2. The lowest BCUT2D eigenvalue weighted by Gasteiger charge is -1.96. The average molecular weight is 235 g/mol. The first-order chi connectivity index (χ1) is 8.13. The molecule has 0 bridgehead atoms. The molecule has 6 heteroatoms. The van der Waals surface area contributed by atoms with Crippen molar-refractivity contribution in [1.29, 1.82) is 0 Å². The van der Waals surface area contributed by atoms with E-state index in [4.69, 9.17) is 0 Å². The quantitative estimate of drug-likeness (QED) is 0.480. The van der Waals surface area contributed by atoms with Gasteiger partial charge in [-0.25, -0.2) is 5.43 Å². The van der Waals surface area contributed by atoms with Crippen LogP contribution < -0.4 is 5.43 Å². The van der Waals surface area contributed by atoms with Crippen LogP contribution in [0.25, 0.3) is 0 Å². The number of carbonyl (C=O) groups is 1. The molecule has 0 spiro atoms. The van der Waals surface area contributed by atoms with Gasteiger partial charge in [0.25, 0.3) is 5.69 Å². The Labute approximate surface area is 98.5 Å². The Hall–Kier alpha value is -2.24. The maximum absolute atomic E-state index is 11.1. The van der Waals surface area contributed by atoms with Gasteiger partial charge in [0.2, 0.25) is 5.91 Å². The Morgan fingerprint density at radius 2 is 2.35 bits per heavy atom. The van der Waals surface area contributed by atoms with Gasteiger partial charge in [-0.05, 0) is 6.42 Å². The van der Waals surface area contributed by atoms with Crippen molar-refractivity contribution >= 4 is 17.8 Å². The van der Waals surface area contributed by atoms with Gasteiger partial charge < -0.3 is 0 Å². The molecule has 0 aromatic heterocycles. The number of nitrogens with zero attached hydrogens (tertiary/aromatic N) is 2. The Morgan fingerprint density at radius 3 is 3.00 bits per heavy atom. The summed E-state index contributed by atoms with van der Waals surface area (Å²) < 4.78 is 0. The number of hydrogen-bond donors (Lipinski definition) is 1. The molecule has 1 amide bonds. The van der Waals surface area contributed by atoms with Crippen LogP contribution in [0, 0.1) is 10.1 Å². The van der Waals surface area contributed by atoms with Crippen LogP contribution in [-0.2, 0) is 4.79 Å². The molecule has 1 N–H and O–H groups in total. The average Bonchev–Trinajstić information content (AvgIpc) is 2.30. The fraction of sp³-hybridized carbons (Fsp3) is 0.273. The number of hydrazone groups is 1. The minimum absolute atomic E-state index is 0.00571.